The maximum Gasteiger partial charge on any atom is 0.225 e. The summed E-state index contributed by atoms with van der Waals surface area (Å²) in [6, 6.07) is 2.14. The molecule has 0 spiro atoms. The van der Waals surface area contributed by atoms with E-state index < -0.39 is 0 Å². The summed E-state index contributed by atoms with van der Waals surface area (Å²) in [5.41, 5.74) is 0. The molecule has 2 aromatic rings. The normalized spacial score (nSPS) is 20.5. The SMILES string of the molecule is CNc1nc(N2CCCC(C)CC2)c2ccsc2n1. The van der Waals surface area contributed by atoms with Crippen LogP contribution in [0, 0.1) is 5.92 Å². The van der Waals surface area contributed by atoms with Gasteiger partial charge in [-0.3, -0.25) is 0 Å². The fraction of sp³-hybridized carbons (Fsp3) is 0.571. The molecule has 0 aromatic carbocycles. The monoisotopic (exact) mass is 276 g/mol. The van der Waals surface area contributed by atoms with Gasteiger partial charge in [0.1, 0.15) is 10.6 Å². The zero-order valence-corrected chi connectivity index (χ0v) is 12.3. The molecule has 0 bridgehead atoms. The Morgan fingerprint density at radius 3 is 3.05 bits per heavy atom. The quantitative estimate of drug-likeness (QED) is 0.913. The van der Waals surface area contributed by atoms with Gasteiger partial charge >= 0.3 is 0 Å². The van der Waals surface area contributed by atoms with Crippen molar-refractivity contribution in [1.29, 1.82) is 0 Å². The van der Waals surface area contributed by atoms with E-state index in [1.54, 1.807) is 11.3 Å². The summed E-state index contributed by atoms with van der Waals surface area (Å²) in [6.45, 7) is 4.56. The number of hydrogen-bond acceptors (Lipinski definition) is 5. The lowest BCUT2D eigenvalue weighted by atomic mass is 10.0. The number of rotatable bonds is 2. The largest absolute Gasteiger partial charge is 0.357 e. The first kappa shape index (κ1) is 12.7. The Balaban J connectivity index is 2.00. The van der Waals surface area contributed by atoms with E-state index in [2.05, 4.69) is 33.6 Å². The molecule has 1 N–H and O–H groups in total. The number of hydrogen-bond donors (Lipinski definition) is 1. The summed E-state index contributed by atoms with van der Waals surface area (Å²) in [5.74, 6) is 2.65. The Labute approximate surface area is 117 Å². The molecule has 2 aromatic heterocycles. The summed E-state index contributed by atoms with van der Waals surface area (Å²) in [7, 11) is 1.88. The molecule has 19 heavy (non-hydrogen) atoms. The first-order chi connectivity index (χ1) is 9.28. The lowest BCUT2D eigenvalue weighted by Crippen LogP contribution is -2.25. The number of nitrogens with one attached hydrogen (secondary N) is 1. The molecule has 1 unspecified atom stereocenters. The van der Waals surface area contributed by atoms with Crippen LogP contribution >= 0.6 is 11.3 Å². The highest BCUT2D eigenvalue weighted by Gasteiger charge is 2.18. The molecule has 1 fully saturated rings. The number of fused-ring (bicyclic) bond motifs is 1. The molecular formula is C14H20N4S. The predicted octanol–water partition coefficient (Wildman–Crippen LogP) is 3.36. The molecule has 102 valence electrons. The topological polar surface area (TPSA) is 41.1 Å². The standard InChI is InChI=1S/C14H20N4S/c1-10-4-3-7-18(8-5-10)12-11-6-9-19-13(11)17-14(15-2)16-12/h6,9-10H,3-5,7-8H2,1-2H3,(H,15,16,17). The number of aromatic nitrogens is 2. The molecule has 0 radical (unpaired) electrons. The van der Waals surface area contributed by atoms with E-state index in [-0.39, 0.29) is 0 Å². The van der Waals surface area contributed by atoms with E-state index in [1.165, 1.54) is 24.6 Å². The maximum atomic E-state index is 4.69. The van der Waals surface area contributed by atoms with E-state index in [0.29, 0.717) is 0 Å². The van der Waals surface area contributed by atoms with E-state index >= 15 is 0 Å². The lowest BCUT2D eigenvalue weighted by Gasteiger charge is -2.22. The number of thiophene rings is 1. The third kappa shape index (κ3) is 2.52. The van der Waals surface area contributed by atoms with Gasteiger partial charge in [0, 0.05) is 20.1 Å². The fourth-order valence-electron chi connectivity index (χ4n) is 2.67. The second-order valence-corrected chi connectivity index (χ2v) is 6.18. The lowest BCUT2D eigenvalue weighted by molar-refractivity contribution is 0.521. The number of anilines is 2. The summed E-state index contributed by atoms with van der Waals surface area (Å²) >= 11 is 1.68. The van der Waals surface area contributed by atoms with Crippen molar-refractivity contribution in [2.24, 2.45) is 5.92 Å². The third-order valence-corrected chi connectivity index (χ3v) is 4.65. The van der Waals surface area contributed by atoms with Crippen LogP contribution in [-0.4, -0.2) is 30.1 Å². The van der Waals surface area contributed by atoms with Gasteiger partial charge in [-0.1, -0.05) is 6.92 Å². The summed E-state index contributed by atoms with van der Waals surface area (Å²) in [6.07, 6.45) is 3.84. The number of nitrogens with zero attached hydrogens (tertiary/aromatic N) is 3. The van der Waals surface area contributed by atoms with Gasteiger partial charge in [0.25, 0.3) is 0 Å². The minimum atomic E-state index is 0.724. The smallest absolute Gasteiger partial charge is 0.225 e. The van der Waals surface area contributed by atoms with Gasteiger partial charge < -0.3 is 10.2 Å². The van der Waals surface area contributed by atoms with Crippen LogP contribution in [0.3, 0.4) is 0 Å². The van der Waals surface area contributed by atoms with Crippen LogP contribution in [0.25, 0.3) is 10.2 Å². The molecule has 1 saturated heterocycles. The minimum Gasteiger partial charge on any atom is -0.357 e. The van der Waals surface area contributed by atoms with Crippen LogP contribution < -0.4 is 10.2 Å². The maximum absolute atomic E-state index is 4.69. The van der Waals surface area contributed by atoms with E-state index in [1.807, 2.05) is 7.05 Å². The second kappa shape index (κ2) is 5.33. The average molecular weight is 276 g/mol. The molecule has 0 aliphatic carbocycles. The highest BCUT2D eigenvalue weighted by Crippen LogP contribution is 2.31. The third-order valence-electron chi connectivity index (χ3n) is 3.84. The molecule has 1 aliphatic rings. The van der Waals surface area contributed by atoms with Gasteiger partial charge in [-0.2, -0.15) is 4.98 Å². The molecular weight excluding hydrogens is 256 g/mol. The second-order valence-electron chi connectivity index (χ2n) is 5.28. The molecule has 3 rings (SSSR count). The van der Waals surface area contributed by atoms with Crippen LogP contribution in [-0.2, 0) is 0 Å². The van der Waals surface area contributed by atoms with Crippen molar-refractivity contribution < 1.29 is 0 Å². The fourth-order valence-corrected chi connectivity index (χ4v) is 3.43. The first-order valence-electron chi connectivity index (χ1n) is 6.96. The summed E-state index contributed by atoms with van der Waals surface area (Å²) < 4.78 is 0. The molecule has 1 atom stereocenters. The van der Waals surface area contributed by atoms with Crippen molar-refractivity contribution in [3.05, 3.63) is 11.4 Å². The Kier molecular flexibility index (Phi) is 3.55. The van der Waals surface area contributed by atoms with E-state index in [9.17, 15) is 0 Å². The van der Waals surface area contributed by atoms with Crippen LogP contribution in [0.1, 0.15) is 26.2 Å². The van der Waals surface area contributed by atoms with Crippen molar-refractivity contribution in [2.75, 3.05) is 30.4 Å². The Bertz CT molecular complexity index is 566. The van der Waals surface area contributed by atoms with Crippen molar-refractivity contribution in [1.82, 2.24) is 9.97 Å². The van der Waals surface area contributed by atoms with Gasteiger partial charge in [0.2, 0.25) is 5.95 Å². The van der Waals surface area contributed by atoms with Gasteiger partial charge in [-0.05, 0) is 36.6 Å². The molecule has 4 nitrogen and oxygen atoms in total. The highest BCUT2D eigenvalue weighted by molar-refractivity contribution is 7.16. The average Bonchev–Trinajstić information content (AvgIpc) is 2.79. The van der Waals surface area contributed by atoms with Gasteiger partial charge in [-0.15, -0.1) is 11.3 Å². The highest BCUT2D eigenvalue weighted by atomic mass is 32.1. The predicted molar refractivity (Wildman–Crippen MR) is 82.2 cm³/mol. The van der Waals surface area contributed by atoms with Crippen LogP contribution in [0.5, 0.6) is 0 Å². The van der Waals surface area contributed by atoms with E-state index in [4.69, 9.17) is 4.98 Å². The zero-order valence-electron chi connectivity index (χ0n) is 11.5. The van der Waals surface area contributed by atoms with Crippen molar-refractivity contribution in [2.45, 2.75) is 26.2 Å². The Hall–Kier alpha value is -1.36. The van der Waals surface area contributed by atoms with Gasteiger partial charge in [-0.25, -0.2) is 4.98 Å². The van der Waals surface area contributed by atoms with Crippen LogP contribution in [0.4, 0.5) is 11.8 Å². The summed E-state index contributed by atoms with van der Waals surface area (Å²) in [4.78, 5) is 12.7. The Morgan fingerprint density at radius 1 is 1.32 bits per heavy atom. The van der Waals surface area contributed by atoms with Crippen molar-refractivity contribution >= 4 is 33.3 Å². The summed E-state index contributed by atoms with van der Waals surface area (Å²) in [5, 5.41) is 6.36. The molecule has 1 aliphatic heterocycles. The molecule has 3 heterocycles. The van der Waals surface area contributed by atoms with Crippen molar-refractivity contribution in [3.63, 3.8) is 0 Å². The van der Waals surface area contributed by atoms with Crippen LogP contribution in [0.2, 0.25) is 0 Å². The van der Waals surface area contributed by atoms with Crippen molar-refractivity contribution in [3.8, 4) is 0 Å². The molecule has 0 saturated carbocycles. The Morgan fingerprint density at radius 2 is 2.21 bits per heavy atom. The van der Waals surface area contributed by atoms with Gasteiger partial charge in [0.05, 0.1) is 5.39 Å². The zero-order chi connectivity index (χ0) is 13.2. The van der Waals surface area contributed by atoms with Crippen LogP contribution in [0.15, 0.2) is 11.4 Å². The van der Waals surface area contributed by atoms with E-state index in [0.717, 1.165) is 35.6 Å². The molecule has 0 amide bonds. The molecule has 5 heteroatoms. The minimum absolute atomic E-state index is 0.724. The van der Waals surface area contributed by atoms with Gasteiger partial charge in [0.15, 0.2) is 0 Å². The first-order valence-corrected chi connectivity index (χ1v) is 7.84.